The summed E-state index contributed by atoms with van der Waals surface area (Å²) < 4.78 is 7.12. The predicted molar refractivity (Wildman–Crippen MR) is 114 cm³/mol. The molecule has 1 N–H and O–H groups in total. The molecule has 0 spiro atoms. The average molecular weight is 412 g/mol. The van der Waals surface area contributed by atoms with Crippen molar-refractivity contribution in [1.82, 2.24) is 9.78 Å². The number of carboxylic acid groups (broad SMARTS) is 1. The maximum absolute atomic E-state index is 12.9. The number of amides is 2. The number of carbonyl (C=O) groups is 2. The van der Waals surface area contributed by atoms with E-state index in [9.17, 15) is 14.7 Å². The Bertz CT molecular complexity index is 950. The summed E-state index contributed by atoms with van der Waals surface area (Å²) in [5.74, 6) is 0.745. The number of carbonyl (C=O) groups excluding carboxylic acids is 1. The quantitative estimate of drug-likeness (QED) is 0.813. The van der Waals surface area contributed by atoms with Crippen LogP contribution in [0.2, 0.25) is 0 Å². The van der Waals surface area contributed by atoms with E-state index in [-0.39, 0.29) is 24.4 Å². The van der Waals surface area contributed by atoms with E-state index < -0.39 is 6.09 Å². The van der Waals surface area contributed by atoms with Crippen LogP contribution in [0.5, 0.6) is 0 Å². The zero-order valence-corrected chi connectivity index (χ0v) is 17.6. The lowest BCUT2D eigenvalue weighted by Gasteiger charge is -2.40. The lowest BCUT2D eigenvalue weighted by atomic mass is 10.0. The summed E-state index contributed by atoms with van der Waals surface area (Å²) in [7, 11) is 0. The van der Waals surface area contributed by atoms with Gasteiger partial charge in [-0.2, -0.15) is 5.10 Å². The Kier molecular flexibility index (Phi) is 5.51. The summed E-state index contributed by atoms with van der Waals surface area (Å²) in [6.07, 6.45) is 3.17. The molecular weight excluding hydrogens is 384 g/mol. The minimum Gasteiger partial charge on any atom is -0.465 e. The predicted octanol–water partition coefficient (Wildman–Crippen LogP) is 3.46. The smallest absolute Gasteiger partial charge is 0.411 e. The van der Waals surface area contributed by atoms with Crippen molar-refractivity contribution < 1.29 is 19.4 Å². The van der Waals surface area contributed by atoms with Crippen LogP contribution in [0.1, 0.15) is 27.2 Å². The van der Waals surface area contributed by atoms with E-state index in [1.807, 2.05) is 49.8 Å². The molecule has 160 valence electrons. The van der Waals surface area contributed by atoms with Gasteiger partial charge in [0, 0.05) is 37.2 Å². The Morgan fingerprint density at radius 1 is 1.23 bits per heavy atom. The molecule has 0 unspecified atom stereocenters. The summed E-state index contributed by atoms with van der Waals surface area (Å²) >= 11 is 0. The van der Waals surface area contributed by atoms with Gasteiger partial charge in [0.1, 0.15) is 0 Å². The largest absolute Gasteiger partial charge is 0.465 e. The maximum atomic E-state index is 12.9. The van der Waals surface area contributed by atoms with Crippen LogP contribution < -0.4 is 9.80 Å². The third-order valence-electron chi connectivity index (χ3n) is 5.61. The number of anilines is 2. The van der Waals surface area contributed by atoms with Crippen LogP contribution in [-0.4, -0.2) is 52.7 Å². The average Bonchev–Trinajstić information content (AvgIpc) is 3.11. The van der Waals surface area contributed by atoms with Crippen LogP contribution >= 0.6 is 0 Å². The van der Waals surface area contributed by atoms with E-state index >= 15 is 0 Å². The van der Waals surface area contributed by atoms with Crippen LogP contribution in [0, 0.1) is 11.8 Å². The normalized spacial score (nSPS) is 19.0. The van der Waals surface area contributed by atoms with E-state index in [2.05, 4.69) is 5.10 Å². The van der Waals surface area contributed by atoms with E-state index in [0.717, 1.165) is 30.9 Å². The molecule has 1 aromatic heterocycles. The SMILES string of the molecule is CC(C)CC(=O)N1c2ccc(-c3cnn(CC4COC4)c3)cc2N(C(=O)O)C[C@@H]1C. The van der Waals surface area contributed by atoms with Crippen molar-refractivity contribution in [3.63, 3.8) is 0 Å². The molecule has 0 saturated carbocycles. The number of aromatic nitrogens is 2. The topological polar surface area (TPSA) is 87.9 Å². The second-order valence-electron chi connectivity index (χ2n) is 8.66. The van der Waals surface area contributed by atoms with Gasteiger partial charge in [-0.3, -0.25) is 14.4 Å². The second kappa shape index (κ2) is 8.10. The van der Waals surface area contributed by atoms with Gasteiger partial charge in [0.05, 0.1) is 36.8 Å². The number of hydrogen-bond acceptors (Lipinski definition) is 4. The molecule has 0 aliphatic carbocycles. The molecule has 0 bridgehead atoms. The lowest BCUT2D eigenvalue weighted by molar-refractivity contribution is -0.119. The number of rotatable bonds is 5. The van der Waals surface area contributed by atoms with Gasteiger partial charge in [-0.05, 0) is 30.5 Å². The highest BCUT2D eigenvalue weighted by atomic mass is 16.5. The van der Waals surface area contributed by atoms with Gasteiger partial charge in [-0.25, -0.2) is 4.79 Å². The van der Waals surface area contributed by atoms with Crippen molar-refractivity contribution in [3.05, 3.63) is 30.6 Å². The van der Waals surface area contributed by atoms with Crippen molar-refractivity contribution >= 4 is 23.4 Å². The highest BCUT2D eigenvalue weighted by Crippen LogP contribution is 2.39. The Morgan fingerprint density at radius 3 is 2.63 bits per heavy atom. The van der Waals surface area contributed by atoms with Crippen LogP contribution in [0.25, 0.3) is 11.1 Å². The van der Waals surface area contributed by atoms with Crippen molar-refractivity contribution in [1.29, 1.82) is 0 Å². The van der Waals surface area contributed by atoms with E-state index in [1.54, 1.807) is 11.1 Å². The fourth-order valence-electron chi connectivity index (χ4n) is 4.08. The van der Waals surface area contributed by atoms with Gasteiger partial charge >= 0.3 is 6.09 Å². The Hall–Kier alpha value is -2.87. The second-order valence-corrected chi connectivity index (χ2v) is 8.66. The number of ether oxygens (including phenoxy) is 1. The summed E-state index contributed by atoms with van der Waals surface area (Å²) in [5, 5.41) is 14.2. The molecular formula is C22H28N4O4. The highest BCUT2D eigenvalue weighted by molar-refractivity contribution is 6.03. The molecule has 2 aliphatic heterocycles. The van der Waals surface area contributed by atoms with Crippen molar-refractivity contribution in [2.75, 3.05) is 29.6 Å². The van der Waals surface area contributed by atoms with Crippen LogP contribution in [0.3, 0.4) is 0 Å². The summed E-state index contributed by atoms with van der Waals surface area (Å²) in [6.45, 7) is 8.48. The molecule has 3 heterocycles. The first-order valence-electron chi connectivity index (χ1n) is 10.4. The summed E-state index contributed by atoms with van der Waals surface area (Å²) in [6, 6.07) is 5.41. The van der Waals surface area contributed by atoms with Gasteiger partial charge in [0.2, 0.25) is 5.91 Å². The molecule has 4 rings (SSSR count). The Balaban J connectivity index is 1.67. The summed E-state index contributed by atoms with van der Waals surface area (Å²) in [4.78, 5) is 27.9. The zero-order valence-electron chi connectivity index (χ0n) is 17.6. The van der Waals surface area contributed by atoms with Gasteiger partial charge in [0.15, 0.2) is 0 Å². The van der Waals surface area contributed by atoms with Crippen LogP contribution in [-0.2, 0) is 16.1 Å². The fraction of sp³-hybridized carbons (Fsp3) is 0.500. The molecule has 2 amide bonds. The number of fused-ring (bicyclic) bond motifs is 1. The van der Waals surface area contributed by atoms with Gasteiger partial charge < -0.3 is 14.7 Å². The molecule has 30 heavy (non-hydrogen) atoms. The van der Waals surface area contributed by atoms with E-state index in [0.29, 0.717) is 23.7 Å². The molecule has 1 atom stereocenters. The molecule has 1 aromatic carbocycles. The molecule has 8 nitrogen and oxygen atoms in total. The molecule has 2 aromatic rings. The minimum absolute atomic E-state index is 0.0204. The summed E-state index contributed by atoms with van der Waals surface area (Å²) in [5.41, 5.74) is 2.98. The first-order valence-corrected chi connectivity index (χ1v) is 10.4. The Labute approximate surface area is 176 Å². The zero-order chi connectivity index (χ0) is 21.4. The molecule has 8 heteroatoms. The molecule has 1 saturated heterocycles. The van der Waals surface area contributed by atoms with E-state index in [4.69, 9.17) is 4.74 Å². The Morgan fingerprint density at radius 2 is 2.00 bits per heavy atom. The van der Waals surface area contributed by atoms with Gasteiger partial charge in [-0.15, -0.1) is 0 Å². The molecule has 1 fully saturated rings. The van der Waals surface area contributed by atoms with Gasteiger partial charge in [0.25, 0.3) is 0 Å². The highest BCUT2D eigenvalue weighted by Gasteiger charge is 2.35. The number of nitrogens with zero attached hydrogens (tertiary/aromatic N) is 4. The number of benzene rings is 1. The van der Waals surface area contributed by atoms with Crippen molar-refractivity contribution in [3.8, 4) is 11.1 Å². The standard InChI is InChI=1S/C22H28N4O4/c1-14(2)6-21(27)26-15(3)9-25(22(28)29)20-7-17(4-5-19(20)26)18-8-23-24(11-18)10-16-12-30-13-16/h4-5,7-8,11,14-16H,6,9-10,12-13H2,1-3H3,(H,28,29)/t15-/m0/s1. The molecule has 0 radical (unpaired) electrons. The fourth-order valence-corrected chi connectivity index (χ4v) is 4.08. The van der Waals surface area contributed by atoms with Crippen molar-refractivity contribution in [2.45, 2.75) is 39.8 Å². The first kappa shape index (κ1) is 20.4. The monoisotopic (exact) mass is 412 g/mol. The minimum atomic E-state index is -1.02. The third kappa shape index (κ3) is 3.92. The first-order chi connectivity index (χ1) is 14.3. The number of hydrogen-bond donors (Lipinski definition) is 1. The third-order valence-corrected chi connectivity index (χ3v) is 5.61. The molecule has 2 aliphatic rings. The lowest BCUT2D eigenvalue weighted by Crippen LogP contribution is -2.51. The maximum Gasteiger partial charge on any atom is 0.411 e. The van der Waals surface area contributed by atoms with Crippen molar-refractivity contribution in [2.24, 2.45) is 11.8 Å². The van der Waals surface area contributed by atoms with E-state index in [1.165, 1.54) is 4.90 Å². The van der Waals surface area contributed by atoms with Crippen LogP contribution in [0.15, 0.2) is 30.6 Å². The van der Waals surface area contributed by atoms with Crippen LogP contribution in [0.4, 0.5) is 16.2 Å². The van der Waals surface area contributed by atoms with Gasteiger partial charge in [-0.1, -0.05) is 19.9 Å².